The van der Waals surface area contributed by atoms with Crippen LogP contribution in [0.4, 0.5) is 0 Å². The molecule has 0 spiro atoms. The number of benzene rings is 2. The summed E-state index contributed by atoms with van der Waals surface area (Å²) in [7, 11) is 0. The van der Waals surface area contributed by atoms with E-state index in [1.807, 2.05) is 62.4 Å². The van der Waals surface area contributed by atoms with E-state index < -0.39 is 0 Å². The summed E-state index contributed by atoms with van der Waals surface area (Å²) < 4.78 is 11.2. The van der Waals surface area contributed by atoms with E-state index in [2.05, 4.69) is 5.32 Å². The molecule has 0 saturated carbocycles. The molecule has 0 bridgehead atoms. The van der Waals surface area contributed by atoms with Crippen LogP contribution in [0.3, 0.4) is 0 Å². The second kappa shape index (κ2) is 8.83. The summed E-state index contributed by atoms with van der Waals surface area (Å²) >= 11 is 0. The van der Waals surface area contributed by atoms with Crippen LogP contribution < -0.4 is 14.8 Å². The fourth-order valence-corrected chi connectivity index (χ4v) is 2.08. The van der Waals surface area contributed by atoms with Crippen molar-refractivity contribution < 1.29 is 14.3 Å². The van der Waals surface area contributed by atoms with Crippen molar-refractivity contribution in [2.24, 2.45) is 0 Å². The molecule has 0 aliphatic rings. The third-order valence-electron chi connectivity index (χ3n) is 3.37. The van der Waals surface area contributed by atoms with Crippen LogP contribution in [0.2, 0.25) is 0 Å². The number of aryl methyl sites for hydroxylation is 2. The Morgan fingerprint density at radius 3 is 2.57 bits per heavy atom. The summed E-state index contributed by atoms with van der Waals surface area (Å²) in [6, 6.07) is 15.6. The predicted octanol–water partition coefficient (Wildman–Crippen LogP) is 3.27. The van der Waals surface area contributed by atoms with Crippen molar-refractivity contribution >= 4 is 5.91 Å². The number of ether oxygens (including phenoxy) is 2. The zero-order valence-electron chi connectivity index (χ0n) is 13.7. The summed E-state index contributed by atoms with van der Waals surface area (Å²) in [6.07, 6.45) is 0.332. The molecule has 2 rings (SSSR count). The van der Waals surface area contributed by atoms with Crippen molar-refractivity contribution in [2.75, 3.05) is 19.8 Å². The first-order valence-corrected chi connectivity index (χ1v) is 7.80. The zero-order chi connectivity index (χ0) is 16.5. The number of nitrogens with one attached hydrogen (secondary N) is 1. The first-order chi connectivity index (χ1) is 11.1. The molecule has 4 nitrogen and oxygen atoms in total. The first-order valence-electron chi connectivity index (χ1n) is 7.80. The molecule has 0 unspecified atom stereocenters. The van der Waals surface area contributed by atoms with Gasteiger partial charge in [0.2, 0.25) is 5.91 Å². The summed E-state index contributed by atoms with van der Waals surface area (Å²) in [5, 5.41) is 2.82. The molecule has 23 heavy (non-hydrogen) atoms. The van der Waals surface area contributed by atoms with Crippen molar-refractivity contribution in [3.8, 4) is 11.5 Å². The number of hydrogen-bond acceptors (Lipinski definition) is 3. The molecule has 0 aromatic heterocycles. The molecule has 4 heteroatoms. The Bertz CT molecular complexity index is 626. The molecule has 0 fully saturated rings. The Morgan fingerprint density at radius 2 is 1.78 bits per heavy atom. The van der Waals surface area contributed by atoms with Gasteiger partial charge in [0, 0.05) is 0 Å². The minimum atomic E-state index is -0.0352. The Balaban J connectivity index is 1.61. The van der Waals surface area contributed by atoms with Gasteiger partial charge in [0.05, 0.1) is 19.6 Å². The van der Waals surface area contributed by atoms with Gasteiger partial charge in [0.1, 0.15) is 18.1 Å². The van der Waals surface area contributed by atoms with Gasteiger partial charge < -0.3 is 14.8 Å². The van der Waals surface area contributed by atoms with Crippen molar-refractivity contribution in [3.05, 3.63) is 59.7 Å². The Morgan fingerprint density at radius 1 is 1.00 bits per heavy atom. The van der Waals surface area contributed by atoms with Gasteiger partial charge in [-0.1, -0.05) is 30.3 Å². The molecule has 1 amide bonds. The Labute approximate surface area is 137 Å². The minimum absolute atomic E-state index is 0.0352. The Hall–Kier alpha value is -2.49. The largest absolute Gasteiger partial charge is 0.493 e. The van der Waals surface area contributed by atoms with Crippen molar-refractivity contribution in [3.63, 3.8) is 0 Å². The van der Waals surface area contributed by atoms with Gasteiger partial charge in [-0.25, -0.2) is 0 Å². The standard InChI is InChI=1S/C19H23NO3/c1-15-8-9-16(2)18(14-15)23-12-10-19(21)20-11-13-22-17-6-4-3-5-7-17/h3-9,14H,10-13H2,1-2H3,(H,20,21). The first kappa shape index (κ1) is 16.9. The van der Waals surface area contributed by atoms with Crippen LogP contribution >= 0.6 is 0 Å². The quantitative estimate of drug-likeness (QED) is 0.761. The molecular weight excluding hydrogens is 290 g/mol. The van der Waals surface area contributed by atoms with Gasteiger partial charge >= 0.3 is 0 Å². The molecule has 122 valence electrons. The molecule has 2 aromatic rings. The highest BCUT2D eigenvalue weighted by atomic mass is 16.5. The van der Waals surface area contributed by atoms with E-state index in [1.54, 1.807) is 0 Å². The lowest BCUT2D eigenvalue weighted by Crippen LogP contribution is -2.29. The molecule has 0 aliphatic heterocycles. The van der Waals surface area contributed by atoms with Gasteiger partial charge in [0.25, 0.3) is 0 Å². The number of rotatable bonds is 8. The summed E-state index contributed by atoms with van der Waals surface area (Å²) in [5.41, 5.74) is 2.22. The van der Waals surface area contributed by atoms with Gasteiger partial charge in [-0.3, -0.25) is 4.79 Å². The summed E-state index contributed by atoms with van der Waals surface area (Å²) in [6.45, 7) is 5.32. The van der Waals surface area contributed by atoms with Crippen LogP contribution in [-0.4, -0.2) is 25.7 Å². The van der Waals surface area contributed by atoms with Crippen LogP contribution in [0, 0.1) is 13.8 Å². The van der Waals surface area contributed by atoms with E-state index in [9.17, 15) is 4.79 Å². The van der Waals surface area contributed by atoms with Crippen LogP contribution in [0.5, 0.6) is 11.5 Å². The molecule has 0 atom stereocenters. The zero-order valence-corrected chi connectivity index (χ0v) is 13.7. The topological polar surface area (TPSA) is 47.6 Å². The van der Waals surface area contributed by atoms with E-state index in [0.29, 0.717) is 26.2 Å². The second-order valence-corrected chi connectivity index (χ2v) is 5.38. The highest BCUT2D eigenvalue weighted by molar-refractivity contribution is 5.75. The third kappa shape index (κ3) is 6.02. The predicted molar refractivity (Wildman–Crippen MR) is 91.0 cm³/mol. The van der Waals surface area contributed by atoms with Gasteiger partial charge in [-0.2, -0.15) is 0 Å². The smallest absolute Gasteiger partial charge is 0.223 e. The lowest BCUT2D eigenvalue weighted by Gasteiger charge is -2.10. The van der Waals surface area contributed by atoms with Crippen molar-refractivity contribution in [2.45, 2.75) is 20.3 Å². The van der Waals surface area contributed by atoms with Crippen LogP contribution in [0.1, 0.15) is 17.5 Å². The maximum Gasteiger partial charge on any atom is 0.223 e. The number of hydrogen-bond donors (Lipinski definition) is 1. The van der Waals surface area contributed by atoms with Crippen LogP contribution in [0.25, 0.3) is 0 Å². The summed E-state index contributed by atoms with van der Waals surface area (Å²) in [5.74, 6) is 1.61. The number of amides is 1. The average molecular weight is 313 g/mol. The lowest BCUT2D eigenvalue weighted by atomic mass is 10.1. The minimum Gasteiger partial charge on any atom is -0.493 e. The number of para-hydroxylation sites is 1. The maximum absolute atomic E-state index is 11.7. The average Bonchev–Trinajstić information content (AvgIpc) is 2.56. The van der Waals surface area contributed by atoms with Crippen LogP contribution in [0.15, 0.2) is 48.5 Å². The van der Waals surface area contributed by atoms with E-state index >= 15 is 0 Å². The maximum atomic E-state index is 11.7. The fourth-order valence-electron chi connectivity index (χ4n) is 2.08. The molecule has 2 aromatic carbocycles. The van der Waals surface area contributed by atoms with Crippen molar-refractivity contribution in [1.29, 1.82) is 0 Å². The summed E-state index contributed by atoms with van der Waals surface area (Å²) in [4.78, 5) is 11.7. The van der Waals surface area contributed by atoms with E-state index in [4.69, 9.17) is 9.47 Å². The monoisotopic (exact) mass is 313 g/mol. The van der Waals surface area contributed by atoms with Gasteiger partial charge in [-0.05, 0) is 43.2 Å². The van der Waals surface area contributed by atoms with Crippen molar-refractivity contribution in [1.82, 2.24) is 5.32 Å². The molecule has 1 N–H and O–H groups in total. The third-order valence-corrected chi connectivity index (χ3v) is 3.37. The van der Waals surface area contributed by atoms with Gasteiger partial charge in [-0.15, -0.1) is 0 Å². The van der Waals surface area contributed by atoms with Gasteiger partial charge in [0.15, 0.2) is 0 Å². The van der Waals surface area contributed by atoms with E-state index in [1.165, 1.54) is 0 Å². The molecule has 0 radical (unpaired) electrons. The second-order valence-electron chi connectivity index (χ2n) is 5.38. The van der Waals surface area contributed by atoms with E-state index in [0.717, 1.165) is 22.6 Å². The molecule has 0 aliphatic carbocycles. The fraction of sp³-hybridized carbons (Fsp3) is 0.316. The molecular formula is C19H23NO3. The highest BCUT2D eigenvalue weighted by Gasteiger charge is 2.04. The molecule has 0 saturated heterocycles. The SMILES string of the molecule is Cc1ccc(C)c(OCCC(=O)NCCOc2ccccc2)c1. The number of carbonyl (C=O) groups excluding carboxylic acids is 1. The Kier molecular flexibility index (Phi) is 6.48. The normalized spacial score (nSPS) is 10.2. The van der Waals surface area contributed by atoms with Crippen LogP contribution in [-0.2, 0) is 4.79 Å². The molecule has 0 heterocycles. The lowest BCUT2D eigenvalue weighted by molar-refractivity contribution is -0.121. The number of carbonyl (C=O) groups is 1. The highest BCUT2D eigenvalue weighted by Crippen LogP contribution is 2.19. The van der Waals surface area contributed by atoms with E-state index in [-0.39, 0.29) is 5.91 Å².